The maximum absolute atomic E-state index is 12.2. The first kappa shape index (κ1) is 17.0. The van der Waals surface area contributed by atoms with E-state index in [-0.39, 0.29) is 16.8 Å². The summed E-state index contributed by atoms with van der Waals surface area (Å²) < 4.78 is 36.2. The van der Waals surface area contributed by atoms with Crippen molar-refractivity contribution >= 4 is 16.1 Å². The molecular weight excluding hydrogens is 304 g/mol. The molecule has 0 aromatic heterocycles. The van der Waals surface area contributed by atoms with Crippen LogP contribution in [0.2, 0.25) is 0 Å². The average Bonchev–Trinajstić information content (AvgIpc) is 2.60. The molecule has 6 heteroatoms. The highest BCUT2D eigenvalue weighted by Gasteiger charge is 2.21. The zero-order valence-electron chi connectivity index (χ0n) is 12.5. The largest absolute Gasteiger partial charge is 0.426 e. The van der Waals surface area contributed by atoms with Gasteiger partial charge in [-0.1, -0.05) is 38.5 Å². The molecule has 0 spiro atoms. The van der Waals surface area contributed by atoms with E-state index in [0.29, 0.717) is 5.75 Å². The maximum Gasteiger partial charge on any atom is 0.314 e. The molecule has 22 heavy (non-hydrogen) atoms. The lowest BCUT2D eigenvalue weighted by molar-refractivity contribution is -0.139. The van der Waals surface area contributed by atoms with E-state index in [1.165, 1.54) is 37.1 Å². The van der Waals surface area contributed by atoms with Gasteiger partial charge in [0.15, 0.2) is 0 Å². The Morgan fingerprint density at radius 2 is 1.45 bits per heavy atom. The van der Waals surface area contributed by atoms with Crippen LogP contribution in [0.25, 0.3) is 0 Å². The standard InChI is InChI=1S/C16H22O5S/c17-16(13-7-5-3-1-2-4-6-8-13)21-14-9-11-15(12-10-14)22(18,19)20/h9-13H,1-8H2,(H,18,19,20). The fourth-order valence-electron chi connectivity index (χ4n) is 2.75. The highest BCUT2D eigenvalue weighted by molar-refractivity contribution is 7.85. The van der Waals surface area contributed by atoms with E-state index < -0.39 is 10.1 Å². The molecule has 0 atom stereocenters. The SMILES string of the molecule is O=C(Oc1ccc(S(=O)(=O)O)cc1)C1CCCCCCCC1. The topological polar surface area (TPSA) is 80.7 Å². The Morgan fingerprint density at radius 1 is 0.955 bits per heavy atom. The number of rotatable bonds is 3. The molecule has 0 amide bonds. The Hall–Kier alpha value is -1.40. The summed E-state index contributed by atoms with van der Waals surface area (Å²) in [6.07, 6.45) is 8.57. The van der Waals surface area contributed by atoms with Crippen molar-refractivity contribution in [2.45, 2.75) is 56.3 Å². The maximum atomic E-state index is 12.2. The van der Waals surface area contributed by atoms with Crippen LogP contribution in [0, 0.1) is 5.92 Å². The molecular formula is C16H22O5S. The van der Waals surface area contributed by atoms with Crippen LogP contribution in [-0.2, 0) is 14.9 Å². The lowest BCUT2D eigenvalue weighted by Crippen LogP contribution is -2.20. The van der Waals surface area contributed by atoms with E-state index in [1.54, 1.807) is 0 Å². The summed E-state index contributed by atoms with van der Waals surface area (Å²) in [4.78, 5) is 12.0. The zero-order valence-corrected chi connectivity index (χ0v) is 13.3. The van der Waals surface area contributed by atoms with Gasteiger partial charge < -0.3 is 4.74 Å². The number of benzene rings is 1. The highest BCUT2D eigenvalue weighted by Crippen LogP contribution is 2.24. The van der Waals surface area contributed by atoms with E-state index >= 15 is 0 Å². The Bertz CT molecular complexity index is 581. The quantitative estimate of drug-likeness (QED) is 0.521. The van der Waals surface area contributed by atoms with Gasteiger partial charge >= 0.3 is 5.97 Å². The Kier molecular flexibility index (Phi) is 5.97. The van der Waals surface area contributed by atoms with Crippen LogP contribution in [0.4, 0.5) is 0 Å². The molecule has 1 aliphatic carbocycles. The molecule has 0 bridgehead atoms. The summed E-state index contributed by atoms with van der Waals surface area (Å²) in [7, 11) is -4.22. The molecule has 0 saturated heterocycles. The van der Waals surface area contributed by atoms with Crippen LogP contribution in [0.1, 0.15) is 51.4 Å². The molecule has 1 aliphatic rings. The lowest BCUT2D eigenvalue weighted by Gasteiger charge is -2.14. The highest BCUT2D eigenvalue weighted by atomic mass is 32.2. The first-order valence-electron chi connectivity index (χ1n) is 7.76. The van der Waals surface area contributed by atoms with Gasteiger partial charge in [-0.25, -0.2) is 0 Å². The predicted octanol–water partition coefficient (Wildman–Crippen LogP) is 3.59. The summed E-state index contributed by atoms with van der Waals surface area (Å²) in [5.41, 5.74) is 0. The second kappa shape index (κ2) is 7.74. The number of hydrogen-bond acceptors (Lipinski definition) is 4. The van der Waals surface area contributed by atoms with Crippen LogP contribution in [-0.4, -0.2) is 18.9 Å². The number of ether oxygens (including phenoxy) is 1. The number of carbonyl (C=O) groups excluding carboxylic acids is 1. The normalized spacial score (nSPS) is 18.0. The molecule has 1 aromatic carbocycles. The lowest BCUT2D eigenvalue weighted by atomic mass is 9.97. The Morgan fingerprint density at radius 3 is 1.95 bits per heavy atom. The zero-order chi connectivity index (χ0) is 16.0. The summed E-state index contributed by atoms with van der Waals surface area (Å²) in [5.74, 6) is -0.0295. The molecule has 122 valence electrons. The molecule has 1 N–H and O–H groups in total. The molecule has 0 unspecified atom stereocenters. The molecule has 1 aromatic rings. The van der Waals surface area contributed by atoms with E-state index in [0.717, 1.165) is 38.5 Å². The van der Waals surface area contributed by atoms with Gasteiger partial charge in [0.05, 0.1) is 10.8 Å². The summed E-state index contributed by atoms with van der Waals surface area (Å²) in [6.45, 7) is 0. The van der Waals surface area contributed by atoms with Gasteiger partial charge in [0, 0.05) is 0 Å². The molecule has 0 aliphatic heterocycles. The van der Waals surface area contributed by atoms with Crippen molar-refractivity contribution in [1.29, 1.82) is 0 Å². The Labute approximate surface area is 131 Å². The van der Waals surface area contributed by atoms with Crippen LogP contribution in [0.3, 0.4) is 0 Å². The van der Waals surface area contributed by atoms with Gasteiger partial charge in [-0.3, -0.25) is 9.35 Å². The molecule has 5 nitrogen and oxygen atoms in total. The van der Waals surface area contributed by atoms with Crippen LogP contribution in [0.15, 0.2) is 29.2 Å². The first-order chi connectivity index (χ1) is 10.5. The van der Waals surface area contributed by atoms with Crippen molar-refractivity contribution in [2.75, 3.05) is 0 Å². The summed E-state index contributed by atoms with van der Waals surface area (Å²) in [6, 6.07) is 5.22. The number of carbonyl (C=O) groups is 1. The molecule has 0 heterocycles. The fourth-order valence-corrected chi connectivity index (χ4v) is 3.23. The number of esters is 1. The second-order valence-electron chi connectivity index (χ2n) is 5.76. The van der Waals surface area contributed by atoms with E-state index in [1.807, 2.05) is 0 Å². The van der Waals surface area contributed by atoms with Crippen LogP contribution >= 0.6 is 0 Å². The van der Waals surface area contributed by atoms with E-state index in [2.05, 4.69) is 0 Å². The van der Waals surface area contributed by atoms with Gasteiger partial charge in [0.25, 0.3) is 10.1 Å². The van der Waals surface area contributed by atoms with Gasteiger partial charge in [-0.05, 0) is 37.1 Å². The average molecular weight is 326 g/mol. The third-order valence-electron chi connectivity index (χ3n) is 4.03. The minimum Gasteiger partial charge on any atom is -0.426 e. The monoisotopic (exact) mass is 326 g/mol. The molecule has 0 radical (unpaired) electrons. The Balaban J connectivity index is 1.97. The first-order valence-corrected chi connectivity index (χ1v) is 9.20. The second-order valence-corrected chi connectivity index (χ2v) is 7.18. The number of hydrogen-bond donors (Lipinski definition) is 1. The van der Waals surface area contributed by atoms with Gasteiger partial charge in [-0.2, -0.15) is 8.42 Å². The van der Waals surface area contributed by atoms with Crippen molar-refractivity contribution in [3.8, 4) is 5.75 Å². The van der Waals surface area contributed by atoms with Crippen molar-refractivity contribution in [3.63, 3.8) is 0 Å². The van der Waals surface area contributed by atoms with Crippen molar-refractivity contribution < 1.29 is 22.5 Å². The van der Waals surface area contributed by atoms with E-state index in [9.17, 15) is 13.2 Å². The third kappa shape index (κ3) is 5.10. The predicted molar refractivity (Wildman–Crippen MR) is 82.3 cm³/mol. The van der Waals surface area contributed by atoms with Gasteiger partial charge in [0.1, 0.15) is 5.75 Å². The molecule has 2 rings (SSSR count). The third-order valence-corrected chi connectivity index (χ3v) is 4.90. The summed E-state index contributed by atoms with van der Waals surface area (Å²) >= 11 is 0. The summed E-state index contributed by atoms with van der Waals surface area (Å²) in [5, 5.41) is 0. The van der Waals surface area contributed by atoms with E-state index in [4.69, 9.17) is 9.29 Å². The minimum atomic E-state index is -4.22. The van der Waals surface area contributed by atoms with Gasteiger partial charge in [-0.15, -0.1) is 0 Å². The van der Waals surface area contributed by atoms with Gasteiger partial charge in [0.2, 0.25) is 0 Å². The minimum absolute atomic E-state index is 0.0839. The van der Waals surface area contributed by atoms with Crippen molar-refractivity contribution in [1.82, 2.24) is 0 Å². The van der Waals surface area contributed by atoms with Crippen LogP contribution < -0.4 is 4.74 Å². The molecule has 1 fully saturated rings. The van der Waals surface area contributed by atoms with Crippen molar-refractivity contribution in [2.24, 2.45) is 5.92 Å². The van der Waals surface area contributed by atoms with Crippen molar-refractivity contribution in [3.05, 3.63) is 24.3 Å². The smallest absolute Gasteiger partial charge is 0.314 e. The fraction of sp³-hybridized carbons (Fsp3) is 0.562. The van der Waals surface area contributed by atoms with Crippen LogP contribution in [0.5, 0.6) is 5.75 Å². The molecule has 1 saturated carbocycles.